The number of piperidine rings is 1. The Bertz CT molecular complexity index is 1100. The molecule has 2 aromatic carbocycles. The summed E-state index contributed by atoms with van der Waals surface area (Å²) in [5.74, 6) is 0. The van der Waals surface area contributed by atoms with Crippen LogP contribution in [0.4, 0.5) is 18.9 Å². The molecule has 0 saturated carbocycles. The molecular weight excluding hydrogens is 447 g/mol. The van der Waals surface area contributed by atoms with Crippen molar-refractivity contribution >= 4 is 15.7 Å². The predicted octanol–water partition coefficient (Wildman–Crippen LogP) is 4.21. The van der Waals surface area contributed by atoms with Crippen LogP contribution in [0.25, 0.3) is 0 Å². The van der Waals surface area contributed by atoms with E-state index >= 15 is 0 Å². The molecule has 3 rings (SSSR count). The van der Waals surface area contributed by atoms with Crippen LogP contribution in [-0.4, -0.2) is 48.7 Å². The number of sulfonamides is 1. The lowest BCUT2D eigenvalue weighted by molar-refractivity contribution is -0.387. The standard InChI is InChI=1S/C21H24F3N3O4S/c1-15-5-3-8-19(27(28)29)20(15)32(30,31)26-11-9-18(10-12-26)25(2)14-16-6-4-7-17(13-16)21(22,23)24/h3-8,13,18H,9-12,14H2,1-2H3. The fourth-order valence-electron chi connectivity index (χ4n) is 4.03. The predicted molar refractivity (Wildman–Crippen MR) is 113 cm³/mol. The van der Waals surface area contributed by atoms with E-state index in [0.717, 1.165) is 12.1 Å². The highest BCUT2D eigenvalue weighted by Gasteiger charge is 2.36. The average molecular weight is 472 g/mol. The second kappa shape index (κ2) is 9.16. The van der Waals surface area contributed by atoms with Gasteiger partial charge in [0.1, 0.15) is 0 Å². The molecule has 11 heteroatoms. The topological polar surface area (TPSA) is 83.8 Å². The number of hydrogen-bond acceptors (Lipinski definition) is 5. The monoisotopic (exact) mass is 471 g/mol. The minimum absolute atomic E-state index is 0.0251. The maximum absolute atomic E-state index is 13.1. The highest BCUT2D eigenvalue weighted by atomic mass is 32.2. The second-order valence-corrected chi connectivity index (χ2v) is 9.80. The Morgan fingerprint density at radius 1 is 1.16 bits per heavy atom. The van der Waals surface area contributed by atoms with Gasteiger partial charge >= 0.3 is 6.18 Å². The number of nitro benzene ring substituents is 1. The molecule has 0 aliphatic carbocycles. The quantitative estimate of drug-likeness (QED) is 0.466. The van der Waals surface area contributed by atoms with Crippen molar-refractivity contribution in [3.8, 4) is 0 Å². The molecule has 0 unspecified atom stereocenters. The van der Waals surface area contributed by atoms with Gasteiger partial charge in [-0.3, -0.25) is 15.0 Å². The number of hydrogen-bond donors (Lipinski definition) is 0. The number of rotatable bonds is 6. The first-order chi connectivity index (χ1) is 14.9. The van der Waals surface area contributed by atoms with Crippen molar-refractivity contribution in [3.05, 3.63) is 69.3 Å². The van der Waals surface area contributed by atoms with Gasteiger partial charge in [0.15, 0.2) is 4.90 Å². The van der Waals surface area contributed by atoms with Crippen molar-refractivity contribution in [2.24, 2.45) is 0 Å². The highest BCUT2D eigenvalue weighted by Crippen LogP contribution is 2.32. The van der Waals surface area contributed by atoms with Crippen LogP contribution < -0.4 is 0 Å². The Kier molecular flexibility index (Phi) is 6.91. The van der Waals surface area contributed by atoms with Crippen LogP contribution in [0, 0.1) is 17.0 Å². The first kappa shape index (κ1) is 24.1. The molecule has 1 fully saturated rings. The molecule has 7 nitrogen and oxygen atoms in total. The largest absolute Gasteiger partial charge is 0.416 e. The van der Waals surface area contributed by atoms with Gasteiger partial charge in [0.25, 0.3) is 5.69 Å². The molecule has 0 N–H and O–H groups in total. The summed E-state index contributed by atoms with van der Waals surface area (Å²) in [6.45, 7) is 2.16. The summed E-state index contributed by atoms with van der Waals surface area (Å²) >= 11 is 0. The lowest BCUT2D eigenvalue weighted by Crippen LogP contribution is -2.45. The summed E-state index contributed by atoms with van der Waals surface area (Å²) in [4.78, 5) is 12.3. The van der Waals surface area contributed by atoms with Gasteiger partial charge in [0.2, 0.25) is 10.0 Å². The van der Waals surface area contributed by atoms with Crippen molar-refractivity contribution in [1.82, 2.24) is 9.21 Å². The molecule has 1 saturated heterocycles. The molecular formula is C21H24F3N3O4S. The van der Waals surface area contributed by atoms with Crippen LogP contribution in [0.2, 0.25) is 0 Å². The van der Waals surface area contributed by atoms with E-state index < -0.39 is 32.4 Å². The Morgan fingerprint density at radius 3 is 2.38 bits per heavy atom. The van der Waals surface area contributed by atoms with Crippen molar-refractivity contribution in [3.63, 3.8) is 0 Å². The summed E-state index contributed by atoms with van der Waals surface area (Å²) in [6.07, 6.45) is -3.48. The molecule has 0 bridgehead atoms. The lowest BCUT2D eigenvalue weighted by atomic mass is 10.0. The van der Waals surface area contributed by atoms with E-state index in [4.69, 9.17) is 0 Å². The third-order valence-corrected chi connectivity index (χ3v) is 7.81. The summed E-state index contributed by atoms with van der Waals surface area (Å²) in [6, 6.07) is 9.26. The normalized spacial score (nSPS) is 16.4. The average Bonchev–Trinajstić information content (AvgIpc) is 2.73. The smallest absolute Gasteiger partial charge is 0.299 e. The van der Waals surface area contributed by atoms with Crippen molar-refractivity contribution in [2.45, 2.75) is 43.4 Å². The zero-order valence-corrected chi connectivity index (χ0v) is 18.5. The van der Waals surface area contributed by atoms with E-state index in [1.807, 2.05) is 4.90 Å². The molecule has 0 aromatic heterocycles. The molecule has 0 spiro atoms. The van der Waals surface area contributed by atoms with Crippen molar-refractivity contribution in [1.29, 1.82) is 0 Å². The molecule has 1 aliphatic heterocycles. The summed E-state index contributed by atoms with van der Waals surface area (Å²) in [5, 5.41) is 11.3. The number of halogens is 3. The van der Waals surface area contributed by atoms with Crippen LogP contribution in [0.5, 0.6) is 0 Å². The third-order valence-electron chi connectivity index (χ3n) is 5.72. The van der Waals surface area contributed by atoms with E-state index in [-0.39, 0.29) is 24.0 Å². The van der Waals surface area contributed by atoms with Gasteiger partial charge in [0, 0.05) is 31.7 Å². The fourth-order valence-corrected chi connectivity index (χ4v) is 5.86. The zero-order valence-electron chi connectivity index (χ0n) is 17.7. The molecule has 174 valence electrons. The highest BCUT2D eigenvalue weighted by molar-refractivity contribution is 7.89. The minimum atomic E-state index is -4.41. The number of aryl methyl sites for hydroxylation is 1. The second-order valence-electron chi connectivity index (χ2n) is 7.93. The van der Waals surface area contributed by atoms with E-state index in [0.29, 0.717) is 30.5 Å². The number of nitro groups is 1. The molecule has 0 amide bonds. The fraction of sp³-hybridized carbons (Fsp3) is 0.429. The first-order valence-electron chi connectivity index (χ1n) is 10.0. The Morgan fingerprint density at radius 2 is 1.78 bits per heavy atom. The van der Waals surface area contributed by atoms with Crippen LogP contribution in [0.15, 0.2) is 47.4 Å². The van der Waals surface area contributed by atoms with Crippen LogP contribution in [-0.2, 0) is 22.7 Å². The van der Waals surface area contributed by atoms with Gasteiger partial charge in [-0.25, -0.2) is 8.42 Å². The molecule has 0 atom stereocenters. The minimum Gasteiger partial charge on any atom is -0.299 e. The van der Waals surface area contributed by atoms with Gasteiger partial charge < -0.3 is 0 Å². The van der Waals surface area contributed by atoms with Crippen molar-refractivity contribution < 1.29 is 26.5 Å². The van der Waals surface area contributed by atoms with Crippen LogP contribution >= 0.6 is 0 Å². The van der Waals surface area contributed by atoms with Gasteiger partial charge in [-0.05, 0) is 44.0 Å². The van der Waals surface area contributed by atoms with E-state index in [1.165, 1.54) is 35.5 Å². The molecule has 1 aliphatic rings. The first-order valence-corrected chi connectivity index (χ1v) is 11.5. The maximum Gasteiger partial charge on any atom is 0.416 e. The SMILES string of the molecule is Cc1cccc([N+](=O)[O-])c1S(=O)(=O)N1CCC(N(C)Cc2cccc(C(F)(F)F)c2)CC1. The van der Waals surface area contributed by atoms with Gasteiger partial charge in [-0.1, -0.05) is 30.3 Å². The Balaban J connectivity index is 1.70. The molecule has 1 heterocycles. The summed E-state index contributed by atoms with van der Waals surface area (Å²) in [7, 11) is -2.26. The number of alkyl halides is 3. The molecule has 0 radical (unpaired) electrons. The zero-order chi connectivity index (χ0) is 23.7. The van der Waals surface area contributed by atoms with Crippen LogP contribution in [0.3, 0.4) is 0 Å². The Labute approximate surface area is 184 Å². The van der Waals surface area contributed by atoms with Gasteiger partial charge in [-0.2, -0.15) is 17.5 Å². The maximum atomic E-state index is 13.1. The lowest BCUT2D eigenvalue weighted by Gasteiger charge is -2.36. The van der Waals surface area contributed by atoms with Gasteiger partial charge in [0.05, 0.1) is 10.5 Å². The Hall–Kier alpha value is -2.50. The summed E-state index contributed by atoms with van der Waals surface area (Å²) < 4.78 is 66.3. The van der Waals surface area contributed by atoms with E-state index in [2.05, 4.69) is 0 Å². The van der Waals surface area contributed by atoms with E-state index in [9.17, 15) is 31.7 Å². The third kappa shape index (κ3) is 5.11. The number of nitrogens with zero attached hydrogens (tertiary/aromatic N) is 3. The molecule has 32 heavy (non-hydrogen) atoms. The molecule has 2 aromatic rings. The van der Waals surface area contributed by atoms with E-state index in [1.54, 1.807) is 13.1 Å². The van der Waals surface area contributed by atoms with Crippen molar-refractivity contribution in [2.75, 3.05) is 20.1 Å². The van der Waals surface area contributed by atoms with Crippen LogP contribution in [0.1, 0.15) is 29.5 Å². The number of benzene rings is 2. The van der Waals surface area contributed by atoms with Gasteiger partial charge in [-0.15, -0.1) is 0 Å². The summed E-state index contributed by atoms with van der Waals surface area (Å²) in [5.41, 5.74) is -0.325.